The molecule has 0 spiro atoms. The molecule has 0 aliphatic carbocycles. The van der Waals surface area contributed by atoms with Crippen LogP contribution in [0.4, 0.5) is 11.4 Å². The summed E-state index contributed by atoms with van der Waals surface area (Å²) in [7, 11) is 0. The van der Waals surface area contributed by atoms with Gasteiger partial charge in [0.1, 0.15) is 5.75 Å². The highest BCUT2D eigenvalue weighted by Crippen LogP contribution is 2.30. The van der Waals surface area contributed by atoms with E-state index in [4.69, 9.17) is 10.5 Å². The molecule has 5 heteroatoms. The van der Waals surface area contributed by atoms with Gasteiger partial charge in [0, 0.05) is 11.4 Å². The number of hydrogen-bond acceptors (Lipinski definition) is 4. The summed E-state index contributed by atoms with van der Waals surface area (Å²) in [5, 5.41) is 3.33. The van der Waals surface area contributed by atoms with Crippen LogP contribution in [0, 0.1) is 0 Å². The molecule has 2 aromatic rings. The molecule has 0 amide bonds. The number of para-hydroxylation sites is 1. The van der Waals surface area contributed by atoms with E-state index in [-0.39, 0.29) is 0 Å². The van der Waals surface area contributed by atoms with E-state index in [2.05, 4.69) is 27.3 Å². The summed E-state index contributed by atoms with van der Waals surface area (Å²) in [6, 6.07) is 9.91. The highest BCUT2D eigenvalue weighted by atomic mass is 79.9. The molecule has 0 aliphatic heterocycles. The van der Waals surface area contributed by atoms with Crippen molar-refractivity contribution in [1.82, 2.24) is 0 Å². The van der Waals surface area contributed by atoms with Crippen molar-refractivity contribution in [2.45, 2.75) is 13.5 Å². The molecule has 0 atom stereocenters. The zero-order valence-corrected chi connectivity index (χ0v) is 12.5. The predicted molar refractivity (Wildman–Crippen MR) is 81.4 cm³/mol. The van der Waals surface area contributed by atoms with Crippen molar-refractivity contribution < 1.29 is 4.74 Å². The maximum atomic E-state index is 6.05. The molecule has 2 rings (SSSR count). The monoisotopic (exact) mass is 326 g/mol. The lowest BCUT2D eigenvalue weighted by molar-refractivity contribution is 0.342. The zero-order chi connectivity index (χ0) is 13.0. The molecule has 3 nitrogen and oxygen atoms in total. The maximum Gasteiger partial charge on any atom is 0.144 e. The fourth-order valence-corrected chi connectivity index (χ4v) is 3.03. The third kappa shape index (κ3) is 3.17. The van der Waals surface area contributed by atoms with Gasteiger partial charge >= 0.3 is 0 Å². The average Bonchev–Trinajstić information content (AvgIpc) is 2.77. The fraction of sp³-hybridized carbons (Fsp3) is 0.231. The first-order valence-electron chi connectivity index (χ1n) is 5.70. The summed E-state index contributed by atoms with van der Waals surface area (Å²) in [5.74, 6) is 0.731. The Balaban J connectivity index is 2.07. The van der Waals surface area contributed by atoms with Gasteiger partial charge in [-0.15, -0.1) is 11.3 Å². The molecule has 1 heterocycles. The Labute approximate surface area is 119 Å². The molecule has 0 saturated heterocycles. The van der Waals surface area contributed by atoms with Gasteiger partial charge in [-0.05, 0) is 47.1 Å². The molecule has 18 heavy (non-hydrogen) atoms. The van der Waals surface area contributed by atoms with E-state index >= 15 is 0 Å². The van der Waals surface area contributed by atoms with Gasteiger partial charge in [-0.1, -0.05) is 6.07 Å². The van der Waals surface area contributed by atoms with E-state index in [9.17, 15) is 0 Å². The van der Waals surface area contributed by atoms with E-state index in [1.807, 2.05) is 31.2 Å². The molecule has 0 unspecified atom stereocenters. The van der Waals surface area contributed by atoms with Gasteiger partial charge in [-0.2, -0.15) is 0 Å². The minimum absolute atomic E-state index is 0.617. The van der Waals surface area contributed by atoms with E-state index < -0.39 is 0 Å². The quantitative estimate of drug-likeness (QED) is 0.813. The SMILES string of the molecule is CCOc1cccc(NCc2ccc(Br)s2)c1N. The summed E-state index contributed by atoms with van der Waals surface area (Å²) in [6.07, 6.45) is 0. The number of anilines is 2. The predicted octanol–water partition coefficient (Wildman–Crippen LogP) is 4.10. The fourth-order valence-electron chi connectivity index (χ4n) is 1.61. The normalized spacial score (nSPS) is 10.3. The molecule has 3 N–H and O–H groups in total. The highest BCUT2D eigenvalue weighted by Gasteiger charge is 2.05. The number of nitrogen functional groups attached to an aromatic ring is 1. The van der Waals surface area contributed by atoms with Crippen LogP contribution in [0.1, 0.15) is 11.8 Å². The second kappa shape index (κ2) is 6.11. The molecule has 0 saturated carbocycles. The second-order valence-corrected chi connectivity index (χ2v) is 6.26. The van der Waals surface area contributed by atoms with E-state index in [0.717, 1.165) is 21.8 Å². The first kappa shape index (κ1) is 13.2. The minimum atomic E-state index is 0.617. The summed E-state index contributed by atoms with van der Waals surface area (Å²) in [6.45, 7) is 3.32. The highest BCUT2D eigenvalue weighted by molar-refractivity contribution is 9.11. The number of nitrogens with one attached hydrogen (secondary N) is 1. The number of benzene rings is 1. The van der Waals surface area contributed by atoms with Gasteiger partial charge in [-0.25, -0.2) is 0 Å². The largest absolute Gasteiger partial charge is 0.492 e. The molecular formula is C13H15BrN2OS. The Kier molecular flexibility index (Phi) is 4.49. The molecule has 0 bridgehead atoms. The van der Waals surface area contributed by atoms with Crippen LogP contribution in [-0.2, 0) is 6.54 Å². The topological polar surface area (TPSA) is 47.3 Å². The molecule has 1 aromatic heterocycles. The second-order valence-electron chi connectivity index (χ2n) is 3.71. The van der Waals surface area contributed by atoms with Crippen LogP contribution in [0.15, 0.2) is 34.1 Å². The van der Waals surface area contributed by atoms with Crippen LogP contribution in [0.5, 0.6) is 5.75 Å². The lowest BCUT2D eigenvalue weighted by Crippen LogP contribution is -2.03. The van der Waals surface area contributed by atoms with Crippen LogP contribution in [-0.4, -0.2) is 6.61 Å². The molecule has 0 radical (unpaired) electrons. The summed E-state index contributed by atoms with van der Waals surface area (Å²) in [5.41, 5.74) is 7.62. The number of rotatable bonds is 5. The number of halogens is 1. The Morgan fingerprint density at radius 1 is 1.33 bits per heavy atom. The molecule has 0 fully saturated rings. The smallest absolute Gasteiger partial charge is 0.144 e. The van der Waals surface area contributed by atoms with Crippen LogP contribution in [0.2, 0.25) is 0 Å². The third-order valence-corrected chi connectivity index (χ3v) is 4.07. The maximum absolute atomic E-state index is 6.05. The van der Waals surface area contributed by atoms with Gasteiger partial charge in [-0.3, -0.25) is 0 Å². The number of ether oxygens (including phenoxy) is 1. The third-order valence-electron chi connectivity index (χ3n) is 2.45. The van der Waals surface area contributed by atoms with E-state index in [1.54, 1.807) is 11.3 Å². The van der Waals surface area contributed by atoms with Gasteiger partial charge in [0.25, 0.3) is 0 Å². The van der Waals surface area contributed by atoms with Crippen molar-refractivity contribution in [2.24, 2.45) is 0 Å². The average molecular weight is 327 g/mol. The lowest BCUT2D eigenvalue weighted by atomic mass is 10.2. The minimum Gasteiger partial charge on any atom is -0.492 e. The summed E-state index contributed by atoms with van der Waals surface area (Å²) >= 11 is 5.16. The van der Waals surface area contributed by atoms with Gasteiger partial charge in [0.2, 0.25) is 0 Å². The van der Waals surface area contributed by atoms with Crippen LogP contribution in [0.3, 0.4) is 0 Å². The number of nitrogens with two attached hydrogens (primary N) is 1. The van der Waals surface area contributed by atoms with Gasteiger partial charge in [0.15, 0.2) is 0 Å². The van der Waals surface area contributed by atoms with Crippen LogP contribution in [0.25, 0.3) is 0 Å². The van der Waals surface area contributed by atoms with Crippen molar-refractivity contribution in [3.8, 4) is 5.75 Å². The van der Waals surface area contributed by atoms with Gasteiger partial charge < -0.3 is 15.8 Å². The molecule has 96 valence electrons. The standard InChI is InChI=1S/C13H15BrN2OS/c1-2-17-11-5-3-4-10(13(11)15)16-8-9-6-7-12(14)18-9/h3-7,16H,2,8,15H2,1H3. The van der Waals surface area contributed by atoms with E-state index in [1.165, 1.54) is 4.88 Å². The van der Waals surface area contributed by atoms with Crippen molar-refractivity contribution in [1.29, 1.82) is 0 Å². The summed E-state index contributed by atoms with van der Waals surface area (Å²) in [4.78, 5) is 1.25. The van der Waals surface area contributed by atoms with Crippen molar-refractivity contribution >= 4 is 38.6 Å². The number of thiophene rings is 1. The van der Waals surface area contributed by atoms with Crippen LogP contribution < -0.4 is 15.8 Å². The van der Waals surface area contributed by atoms with Crippen molar-refractivity contribution in [2.75, 3.05) is 17.7 Å². The first-order chi connectivity index (χ1) is 8.70. The molecular weight excluding hydrogens is 312 g/mol. The Bertz CT molecular complexity index is 527. The molecule has 0 aliphatic rings. The zero-order valence-electron chi connectivity index (χ0n) is 10.1. The van der Waals surface area contributed by atoms with Gasteiger partial charge in [0.05, 0.1) is 21.8 Å². The Morgan fingerprint density at radius 2 is 2.17 bits per heavy atom. The lowest BCUT2D eigenvalue weighted by Gasteiger charge is -2.12. The van der Waals surface area contributed by atoms with E-state index in [0.29, 0.717) is 12.3 Å². The number of hydrogen-bond donors (Lipinski definition) is 2. The van der Waals surface area contributed by atoms with Crippen LogP contribution >= 0.6 is 27.3 Å². The first-order valence-corrected chi connectivity index (χ1v) is 7.31. The van der Waals surface area contributed by atoms with Crippen molar-refractivity contribution in [3.63, 3.8) is 0 Å². The molecule has 1 aromatic carbocycles. The Hall–Kier alpha value is -1.20. The van der Waals surface area contributed by atoms with Crippen molar-refractivity contribution in [3.05, 3.63) is 39.0 Å². The summed E-state index contributed by atoms with van der Waals surface area (Å²) < 4.78 is 6.60. The Morgan fingerprint density at radius 3 is 2.83 bits per heavy atom.